The van der Waals surface area contributed by atoms with Gasteiger partial charge in [-0.1, -0.05) is 42.1 Å². The van der Waals surface area contributed by atoms with Crippen LogP contribution in [0.3, 0.4) is 0 Å². The third-order valence-corrected chi connectivity index (χ3v) is 3.47. The minimum Gasteiger partial charge on any atom is -0.336 e. The molecule has 0 bridgehead atoms. The molecule has 2 aromatic rings. The molecule has 7 nitrogen and oxygen atoms in total. The zero-order valence-corrected chi connectivity index (χ0v) is 10.2. The molecule has 0 saturated carbocycles. The number of thioether (sulfide) groups is 1. The summed E-state index contributed by atoms with van der Waals surface area (Å²) in [5.74, 6) is 10.5. The molecule has 0 spiro atoms. The molecule has 1 atom stereocenters. The van der Waals surface area contributed by atoms with Gasteiger partial charge in [0.05, 0.1) is 0 Å². The second-order valence-electron chi connectivity index (χ2n) is 3.44. The van der Waals surface area contributed by atoms with E-state index in [9.17, 15) is 4.79 Å². The number of carbonyl (C=O) groups is 1. The van der Waals surface area contributed by atoms with E-state index in [-0.39, 0.29) is 5.91 Å². The fourth-order valence-corrected chi connectivity index (χ4v) is 2.34. The second-order valence-corrected chi connectivity index (χ2v) is 4.51. The monoisotopic (exact) mass is 264 g/mol. The van der Waals surface area contributed by atoms with Gasteiger partial charge in [-0.15, -0.1) is 10.2 Å². The molecular weight excluding hydrogens is 252 g/mol. The lowest BCUT2D eigenvalue weighted by Crippen LogP contribution is -2.33. The Morgan fingerprint density at radius 2 is 2.11 bits per heavy atom. The lowest BCUT2D eigenvalue weighted by Gasteiger charge is -2.14. The predicted molar refractivity (Wildman–Crippen MR) is 67.5 cm³/mol. The number of nitrogens with zero attached hydrogens (tertiary/aromatic N) is 3. The maximum Gasteiger partial charge on any atom is 0.251 e. The standard InChI is InChI=1S/C10H12N6OS/c11-14-9(17)8(7-4-2-1-3-5-7)18-10-15-13-6-16(10)12/h1-6,8H,11-12H2,(H,14,17). The van der Waals surface area contributed by atoms with Crippen LogP contribution < -0.4 is 17.1 Å². The van der Waals surface area contributed by atoms with Crippen molar-refractivity contribution in [2.75, 3.05) is 5.84 Å². The van der Waals surface area contributed by atoms with E-state index >= 15 is 0 Å². The Morgan fingerprint density at radius 1 is 1.39 bits per heavy atom. The van der Waals surface area contributed by atoms with E-state index in [1.54, 1.807) is 0 Å². The zero-order chi connectivity index (χ0) is 13.0. The maximum absolute atomic E-state index is 11.8. The highest BCUT2D eigenvalue weighted by Crippen LogP contribution is 2.33. The van der Waals surface area contributed by atoms with Crippen LogP contribution in [-0.4, -0.2) is 20.8 Å². The van der Waals surface area contributed by atoms with Crippen molar-refractivity contribution < 1.29 is 4.79 Å². The quantitative estimate of drug-likeness (QED) is 0.305. The van der Waals surface area contributed by atoms with Gasteiger partial charge in [-0.25, -0.2) is 10.5 Å². The first-order valence-electron chi connectivity index (χ1n) is 5.09. The van der Waals surface area contributed by atoms with Crippen molar-refractivity contribution >= 4 is 17.7 Å². The number of nitrogens with two attached hydrogens (primary N) is 2. The van der Waals surface area contributed by atoms with Crippen LogP contribution in [0.2, 0.25) is 0 Å². The highest BCUT2D eigenvalue weighted by molar-refractivity contribution is 8.00. The van der Waals surface area contributed by atoms with Gasteiger partial charge in [0, 0.05) is 0 Å². The van der Waals surface area contributed by atoms with Crippen LogP contribution in [0.25, 0.3) is 0 Å². The lowest BCUT2D eigenvalue weighted by molar-refractivity contribution is -0.120. The largest absolute Gasteiger partial charge is 0.336 e. The molecular formula is C10H12N6OS. The molecule has 1 unspecified atom stereocenters. The van der Waals surface area contributed by atoms with E-state index < -0.39 is 5.25 Å². The van der Waals surface area contributed by atoms with Gasteiger partial charge in [-0.3, -0.25) is 10.2 Å². The number of hydrazine groups is 1. The summed E-state index contributed by atoms with van der Waals surface area (Å²) in [7, 11) is 0. The Bertz CT molecular complexity index is 528. The van der Waals surface area contributed by atoms with Crippen LogP contribution in [0.15, 0.2) is 41.8 Å². The van der Waals surface area contributed by atoms with Crippen molar-refractivity contribution in [3.05, 3.63) is 42.2 Å². The van der Waals surface area contributed by atoms with Gasteiger partial charge in [-0.05, 0) is 5.56 Å². The summed E-state index contributed by atoms with van der Waals surface area (Å²) in [5, 5.41) is 7.40. The highest BCUT2D eigenvalue weighted by atomic mass is 32.2. The van der Waals surface area contributed by atoms with Crippen LogP contribution in [0.5, 0.6) is 0 Å². The number of amides is 1. The molecule has 0 aliphatic carbocycles. The first-order valence-corrected chi connectivity index (χ1v) is 5.97. The Hall–Kier alpha value is -2.06. The molecule has 2 rings (SSSR count). The number of benzene rings is 1. The predicted octanol–water partition coefficient (Wildman–Crippen LogP) is -0.185. The van der Waals surface area contributed by atoms with Gasteiger partial charge in [0.25, 0.3) is 5.91 Å². The molecule has 0 aliphatic rings. The Balaban J connectivity index is 2.27. The van der Waals surface area contributed by atoms with Crippen molar-refractivity contribution in [1.82, 2.24) is 20.3 Å². The van der Waals surface area contributed by atoms with Crippen molar-refractivity contribution in [1.29, 1.82) is 0 Å². The van der Waals surface area contributed by atoms with Gasteiger partial charge >= 0.3 is 0 Å². The summed E-state index contributed by atoms with van der Waals surface area (Å²) in [6.07, 6.45) is 1.37. The average molecular weight is 264 g/mol. The lowest BCUT2D eigenvalue weighted by atomic mass is 10.1. The summed E-state index contributed by atoms with van der Waals surface area (Å²) in [4.78, 5) is 11.8. The van der Waals surface area contributed by atoms with Crippen LogP contribution >= 0.6 is 11.8 Å². The average Bonchev–Trinajstić information content (AvgIpc) is 2.81. The van der Waals surface area contributed by atoms with E-state index in [0.717, 1.165) is 5.56 Å². The number of nitrogen functional groups attached to an aromatic ring is 1. The van der Waals surface area contributed by atoms with Crippen LogP contribution in [0.1, 0.15) is 10.8 Å². The number of carbonyl (C=O) groups excluding carboxylic acids is 1. The van der Waals surface area contributed by atoms with Gasteiger partial charge in [0.2, 0.25) is 5.16 Å². The molecule has 0 fully saturated rings. The Kier molecular flexibility index (Phi) is 3.80. The fraction of sp³-hybridized carbons (Fsp3) is 0.100. The van der Waals surface area contributed by atoms with Gasteiger partial charge < -0.3 is 5.84 Å². The first kappa shape index (κ1) is 12.4. The molecule has 5 N–H and O–H groups in total. The number of aromatic nitrogens is 3. The van der Waals surface area contributed by atoms with E-state index in [1.807, 2.05) is 30.3 Å². The van der Waals surface area contributed by atoms with Gasteiger partial charge in [-0.2, -0.15) is 0 Å². The van der Waals surface area contributed by atoms with Crippen LogP contribution in [0, 0.1) is 0 Å². The Labute approximate surface area is 107 Å². The first-order chi connectivity index (χ1) is 8.72. The topological polar surface area (TPSA) is 112 Å². The molecule has 0 saturated heterocycles. The minimum absolute atomic E-state index is 0.325. The molecule has 8 heteroatoms. The number of nitrogens with one attached hydrogen (secondary N) is 1. The smallest absolute Gasteiger partial charge is 0.251 e. The van der Waals surface area contributed by atoms with Crippen molar-refractivity contribution in [2.24, 2.45) is 5.84 Å². The van der Waals surface area contributed by atoms with Gasteiger partial charge in [0.1, 0.15) is 11.6 Å². The van der Waals surface area contributed by atoms with E-state index in [0.29, 0.717) is 5.16 Å². The Morgan fingerprint density at radius 3 is 2.67 bits per heavy atom. The van der Waals surface area contributed by atoms with E-state index in [4.69, 9.17) is 11.7 Å². The molecule has 94 valence electrons. The number of hydrogen-bond donors (Lipinski definition) is 3. The highest BCUT2D eigenvalue weighted by Gasteiger charge is 2.23. The normalized spacial score (nSPS) is 12.1. The van der Waals surface area contributed by atoms with Crippen LogP contribution in [0.4, 0.5) is 0 Å². The summed E-state index contributed by atoms with van der Waals surface area (Å²) in [5.41, 5.74) is 2.95. The third-order valence-electron chi connectivity index (χ3n) is 2.25. The third kappa shape index (κ3) is 2.60. The number of hydrogen-bond acceptors (Lipinski definition) is 6. The molecule has 1 amide bonds. The molecule has 1 aromatic carbocycles. The van der Waals surface area contributed by atoms with Crippen molar-refractivity contribution in [2.45, 2.75) is 10.4 Å². The van der Waals surface area contributed by atoms with E-state index in [1.165, 1.54) is 22.8 Å². The molecule has 0 radical (unpaired) electrons. The fourth-order valence-electron chi connectivity index (χ4n) is 1.40. The van der Waals surface area contributed by atoms with E-state index in [2.05, 4.69) is 15.6 Å². The minimum atomic E-state index is -0.525. The van der Waals surface area contributed by atoms with Crippen molar-refractivity contribution in [3.8, 4) is 0 Å². The maximum atomic E-state index is 11.8. The second kappa shape index (κ2) is 5.52. The number of rotatable bonds is 4. The summed E-state index contributed by atoms with van der Waals surface area (Å²) in [6, 6.07) is 9.24. The zero-order valence-electron chi connectivity index (χ0n) is 9.35. The molecule has 18 heavy (non-hydrogen) atoms. The molecule has 1 heterocycles. The van der Waals surface area contributed by atoms with Gasteiger partial charge in [0.15, 0.2) is 0 Å². The summed E-state index contributed by atoms with van der Waals surface area (Å²) in [6.45, 7) is 0. The SMILES string of the molecule is NNC(=O)C(Sc1nncn1N)c1ccccc1. The summed E-state index contributed by atoms with van der Waals surface area (Å²) < 4.78 is 1.25. The molecule has 0 aliphatic heterocycles. The van der Waals surface area contributed by atoms with Crippen LogP contribution in [-0.2, 0) is 4.79 Å². The van der Waals surface area contributed by atoms with Crippen molar-refractivity contribution in [3.63, 3.8) is 0 Å². The molecule has 1 aromatic heterocycles. The summed E-state index contributed by atoms with van der Waals surface area (Å²) >= 11 is 1.18.